The fraction of sp³-hybridized carbons (Fsp3) is 0.340. The minimum absolute atomic E-state index is 0. The summed E-state index contributed by atoms with van der Waals surface area (Å²) in [7, 11) is 0. The van der Waals surface area contributed by atoms with E-state index in [4.69, 9.17) is 48.7 Å². The number of alkyl halides is 1. The van der Waals surface area contributed by atoms with Gasteiger partial charge in [0.1, 0.15) is 34.5 Å². The Morgan fingerprint density at radius 2 is 0.739 bits per heavy atom. The summed E-state index contributed by atoms with van der Waals surface area (Å²) >= 11 is 3.16. The van der Waals surface area contributed by atoms with Gasteiger partial charge in [-0.3, -0.25) is 38.7 Å². The standard InChI is InChI=1S/C21H26N2O5.C19H21N3O3.C17H17N3O3.C16H17N3O.C12H15BrO.C9H12N2O4.C2H4O2.CH2O3.2K.H3N.Na.H2O.H/c1-6-27-19(25)16-12-17(20(26)28-7-2)23(22-16)13-18(24)14-8-10-15(11-9-14)21(3,4)5;1-5-25-18(24)14-10-16-17(23)20-15(11-22(16)21-14)12-6-8-13(9-7-12)19(2,3)4;1-17(2,3)11-6-4-10(5-7-11)13-9-20-14(15(21)18-13)8-12(19-20)16(22)23;1-16(2,3)12-6-4-11(5-7-12)13-10-19-14(8-9-17-19)15(20)18-13;1-12(2,3)10-6-4-9(5-7-10)11(14)8-13;1-3-14-8(12)6-5-7(11-10-6)9(13)15-4-2;1-2(3)4;2-1-4-3;;;;;;/h8-12H,6-7,13H2,1-5H3;6-11H,5H2,1-4H3,(H,20,23);4-9H,1-3H3,(H,18,21)(H,22,23);4-10H,1-3H3,(H,18,20);4-7H,8H2,1-3H3;5H,3-4H2,1-2H3,(H,10,11);1H3,(H,3,4);1,3H;;;1H3;;1H2;/q;;;;;;;;2*+1;;+1;;-1/p-2. The van der Waals surface area contributed by atoms with Crippen LogP contribution in [-0.4, -0.2) is 178 Å². The van der Waals surface area contributed by atoms with E-state index in [1.807, 2.05) is 103 Å². The molecule has 0 saturated carbocycles. The van der Waals surface area contributed by atoms with Crippen LogP contribution in [-0.2, 0) is 71.8 Å². The molecule has 0 aliphatic heterocycles. The summed E-state index contributed by atoms with van der Waals surface area (Å²) in [6.07, 6.45) is 6.78. The molecular formula is C97H118BrK2N14NaO23. The van der Waals surface area contributed by atoms with E-state index in [1.54, 1.807) is 75.9 Å². The number of carboxylic acids is 2. The summed E-state index contributed by atoms with van der Waals surface area (Å²) in [5.74, 6) is -5.05. The number of esters is 5. The smallest absolute Gasteiger partial charge is 1.00 e. The predicted molar refractivity (Wildman–Crippen MR) is 509 cm³/mol. The number of rotatable bonds is 20. The summed E-state index contributed by atoms with van der Waals surface area (Å²) < 4.78 is 29.8. The summed E-state index contributed by atoms with van der Waals surface area (Å²) in [5, 5.41) is 47.5. The van der Waals surface area contributed by atoms with Crippen LogP contribution in [0.2, 0.25) is 0 Å². The van der Waals surface area contributed by atoms with E-state index in [1.165, 1.54) is 60.2 Å². The van der Waals surface area contributed by atoms with Crippen LogP contribution in [0.25, 0.3) is 50.3 Å². The SMILES string of the molecule is CC(=O)O.CC(C)(C)c1ccc(-c2cn3nc(C(=O)O)cc3c(=O)[nH]2)cc1.CC(C)(C)c1ccc(-c2cn3nccc3c(=O)[nH]2)cc1.CC(C)(C)c1ccc(C(=O)CBr)cc1.CCOC(=O)c1cc(C(=O)OCC)[nH]n1.CCOC(=O)c1cc(C(=O)OCC)n(CC(=O)c2ccc(C(C)(C)C)cc2)n1.CCOC(=O)c1cc2c(=O)[nH]c(-c3ccc(C(C)(C)C)cc3)cn2n1.N.O=CO[O-].[H-].[K+].[K+].[Na+].[OH-]. The van der Waals surface area contributed by atoms with Crippen molar-refractivity contribution in [2.45, 2.75) is 179 Å². The Balaban J connectivity index is 0.00000162. The second-order valence-corrected chi connectivity index (χ2v) is 34.9. The van der Waals surface area contributed by atoms with Gasteiger partial charge in [0.2, 0.25) is 0 Å². The Kier molecular flexibility index (Phi) is 52.7. The molecule has 13 aromatic rings. The van der Waals surface area contributed by atoms with Gasteiger partial charge in [0.15, 0.2) is 34.3 Å². The van der Waals surface area contributed by atoms with E-state index in [0.717, 1.165) is 40.4 Å². The molecule has 138 heavy (non-hydrogen) atoms. The number of nitrogens with zero attached hydrogens (tertiary/aromatic N) is 9. The van der Waals surface area contributed by atoms with E-state index in [-0.39, 0.29) is 286 Å². The van der Waals surface area contributed by atoms with Crippen molar-refractivity contribution in [1.29, 1.82) is 0 Å². The molecule has 8 aromatic heterocycles. The van der Waals surface area contributed by atoms with E-state index in [9.17, 15) is 52.7 Å². The van der Waals surface area contributed by atoms with Crippen molar-refractivity contribution in [1.82, 2.24) is 69.9 Å². The van der Waals surface area contributed by atoms with Gasteiger partial charge in [0.25, 0.3) is 29.1 Å². The van der Waals surface area contributed by atoms with Gasteiger partial charge in [-0.05, 0) is 112 Å². The van der Waals surface area contributed by atoms with Crippen LogP contribution in [0.1, 0.15) is 258 Å². The van der Waals surface area contributed by atoms with Gasteiger partial charge in [0.05, 0.1) is 80.2 Å². The quantitative estimate of drug-likeness (QED) is 0.00651. The van der Waals surface area contributed by atoms with Gasteiger partial charge in [-0.1, -0.05) is 241 Å². The molecular weight excluding hydrogens is 1910 g/mol. The van der Waals surface area contributed by atoms with Crippen LogP contribution < -0.4 is 160 Å². The van der Waals surface area contributed by atoms with Crippen molar-refractivity contribution in [3.63, 3.8) is 0 Å². The number of hydrogen-bond acceptors (Lipinski definition) is 27. The average Bonchev–Trinajstić information content (AvgIpc) is 1.68. The topological polar surface area (TPSA) is 552 Å². The Labute approximate surface area is 915 Å². The van der Waals surface area contributed by atoms with Crippen LogP contribution in [0.4, 0.5) is 0 Å². The number of fused-ring (bicyclic) bond motifs is 3. The van der Waals surface area contributed by atoms with Crippen LogP contribution >= 0.6 is 15.9 Å². The number of carbonyl (C=O) groups is 10. The Hall–Kier alpha value is -10.5. The van der Waals surface area contributed by atoms with Gasteiger partial charge in [-0.25, -0.2) is 47.0 Å². The molecule has 0 radical (unpaired) electrons. The number of benzene rings is 5. The Morgan fingerprint density at radius 3 is 1.08 bits per heavy atom. The van der Waals surface area contributed by atoms with Gasteiger partial charge in [-0.15, -0.1) is 0 Å². The number of ether oxygens (including phenoxy) is 5. The number of aromatic nitrogens is 13. The summed E-state index contributed by atoms with van der Waals surface area (Å²) in [4.78, 5) is 158. The fourth-order valence-electron chi connectivity index (χ4n) is 12.0. The third-order valence-electron chi connectivity index (χ3n) is 19.1. The second-order valence-electron chi connectivity index (χ2n) is 34.3. The number of hydrogen-bond donors (Lipinski definition) is 7. The molecule has 0 aliphatic rings. The normalized spacial score (nSPS) is 10.6. The number of nitrogens with one attached hydrogen (secondary N) is 4. The molecule has 0 bridgehead atoms. The molecule has 5 aromatic carbocycles. The van der Waals surface area contributed by atoms with Crippen molar-refractivity contribution < 1.29 is 231 Å². The first-order valence-electron chi connectivity index (χ1n) is 42.1. The summed E-state index contributed by atoms with van der Waals surface area (Å²) in [6.45, 7) is 42.5. The molecule has 0 aliphatic carbocycles. The third-order valence-corrected chi connectivity index (χ3v) is 19.6. The second kappa shape index (κ2) is 57.9. The van der Waals surface area contributed by atoms with Gasteiger partial charge in [0, 0.05) is 42.3 Å². The van der Waals surface area contributed by atoms with Crippen molar-refractivity contribution in [2.75, 3.05) is 38.4 Å². The molecule has 37 nitrogen and oxygen atoms in total. The van der Waals surface area contributed by atoms with Gasteiger partial charge < -0.3 is 72.0 Å². The zero-order valence-corrected chi connectivity index (χ0v) is 92.2. The summed E-state index contributed by atoms with van der Waals surface area (Å²) in [6, 6.07) is 46.3. The number of aliphatic carboxylic acids is 1. The van der Waals surface area contributed by atoms with Gasteiger partial charge >= 0.3 is 168 Å². The summed E-state index contributed by atoms with van der Waals surface area (Å²) in [5.41, 5.74) is 12.8. The number of aromatic carboxylic acids is 1. The first kappa shape index (κ1) is 126. The minimum atomic E-state index is -1.16. The maximum atomic E-state index is 12.7. The molecule has 8 heterocycles. The molecule has 0 saturated heterocycles. The number of carbonyl (C=O) groups excluding carboxylic acids is 8. The van der Waals surface area contributed by atoms with E-state index in [2.05, 4.69) is 182 Å². The maximum absolute atomic E-state index is 12.7. The number of ketones is 2. The molecule has 10 N–H and O–H groups in total. The van der Waals surface area contributed by atoms with Crippen molar-refractivity contribution in [3.05, 3.63) is 281 Å². The fourth-order valence-corrected chi connectivity index (χ4v) is 12.3. The van der Waals surface area contributed by atoms with E-state index >= 15 is 0 Å². The third kappa shape index (κ3) is 37.9. The van der Waals surface area contributed by atoms with Crippen LogP contribution in [0.3, 0.4) is 0 Å². The zero-order chi connectivity index (χ0) is 99.2. The zero-order valence-electron chi connectivity index (χ0n) is 83.4. The predicted octanol–water partition coefficient (Wildman–Crippen LogP) is 6.21. The molecule has 0 fully saturated rings. The number of H-pyrrole nitrogens is 4. The molecule has 0 amide bonds. The number of halogens is 1. The molecule has 0 atom stereocenters. The Bertz CT molecular complexity index is 6360. The number of aromatic amines is 4. The molecule has 13 rings (SSSR count). The maximum Gasteiger partial charge on any atom is 1.00 e. The first-order valence-corrected chi connectivity index (χ1v) is 43.2. The van der Waals surface area contributed by atoms with Crippen molar-refractivity contribution in [3.8, 4) is 33.8 Å². The largest absolute Gasteiger partial charge is 1.00 e. The van der Waals surface area contributed by atoms with Crippen molar-refractivity contribution >= 4 is 92.3 Å². The Morgan fingerprint density at radius 1 is 0.435 bits per heavy atom. The van der Waals surface area contributed by atoms with Gasteiger partial charge in [-0.2, -0.15) is 25.5 Å². The molecule has 0 spiro atoms. The van der Waals surface area contributed by atoms with Crippen LogP contribution in [0.5, 0.6) is 0 Å². The average molecular weight is 2030 g/mol. The van der Waals surface area contributed by atoms with Crippen LogP contribution in [0.15, 0.2) is 191 Å². The molecule has 41 heteroatoms. The minimum Gasteiger partial charge on any atom is -1.00 e. The first-order chi connectivity index (χ1) is 62.4. The number of Topliss-reactive ketones (excluding diaryl/α,β-unsaturated/α-hetero) is 2. The monoisotopic (exact) mass is 2030 g/mol. The van der Waals surface area contributed by atoms with E-state index in [0.29, 0.717) is 33.3 Å². The van der Waals surface area contributed by atoms with E-state index < -0.39 is 41.8 Å². The number of carboxylic acid groups (broad SMARTS) is 2. The molecule has 724 valence electrons. The molecule has 0 unspecified atom stereocenters. The van der Waals surface area contributed by atoms with Crippen molar-refractivity contribution in [2.24, 2.45) is 0 Å². The van der Waals surface area contributed by atoms with Crippen LogP contribution in [0, 0.1) is 0 Å².